The number of ether oxygens (including phenoxy) is 1. The Kier molecular flexibility index (Phi) is 8.33. The van der Waals surface area contributed by atoms with Crippen molar-refractivity contribution in [1.82, 2.24) is 15.5 Å². The van der Waals surface area contributed by atoms with Gasteiger partial charge < -0.3 is 20.3 Å². The van der Waals surface area contributed by atoms with Gasteiger partial charge in [-0.15, -0.1) is 12.4 Å². The number of nitrogens with zero attached hydrogens (tertiary/aromatic N) is 1. The molecule has 1 amide bonds. The Morgan fingerprint density at radius 2 is 2.06 bits per heavy atom. The van der Waals surface area contributed by atoms with Gasteiger partial charge in [-0.1, -0.05) is 0 Å². The smallest absolute Gasteiger partial charge is 0.409 e. The Labute approximate surface area is 103 Å². The van der Waals surface area contributed by atoms with Crippen molar-refractivity contribution in [1.29, 1.82) is 0 Å². The molecule has 1 unspecified atom stereocenters. The predicted octanol–water partition coefficient (Wildman–Crippen LogP) is 0.448. The summed E-state index contributed by atoms with van der Waals surface area (Å²) in [5, 5.41) is 6.54. The van der Waals surface area contributed by atoms with Gasteiger partial charge in [0.1, 0.15) is 6.61 Å². The molecule has 6 heteroatoms. The van der Waals surface area contributed by atoms with Crippen LogP contribution in [0.25, 0.3) is 0 Å². The fourth-order valence-corrected chi connectivity index (χ4v) is 1.58. The molecule has 0 radical (unpaired) electrons. The number of hydrogen-bond donors (Lipinski definition) is 2. The van der Waals surface area contributed by atoms with Crippen LogP contribution in [0.4, 0.5) is 4.79 Å². The number of halogens is 1. The van der Waals surface area contributed by atoms with Gasteiger partial charge in [-0.05, 0) is 13.8 Å². The van der Waals surface area contributed by atoms with Crippen LogP contribution in [0.1, 0.15) is 13.8 Å². The van der Waals surface area contributed by atoms with Gasteiger partial charge in [0.15, 0.2) is 0 Å². The molecule has 0 saturated carbocycles. The normalized spacial score (nSPS) is 19.8. The monoisotopic (exact) mass is 251 g/mol. The van der Waals surface area contributed by atoms with E-state index in [0.717, 1.165) is 19.6 Å². The van der Waals surface area contributed by atoms with Crippen LogP contribution in [-0.4, -0.2) is 56.4 Å². The average Bonchev–Trinajstić information content (AvgIpc) is 2.29. The number of hydrogen-bond acceptors (Lipinski definition) is 4. The lowest BCUT2D eigenvalue weighted by Crippen LogP contribution is -2.51. The number of amides is 1. The van der Waals surface area contributed by atoms with Crippen molar-refractivity contribution in [2.45, 2.75) is 19.9 Å². The van der Waals surface area contributed by atoms with Gasteiger partial charge >= 0.3 is 6.09 Å². The summed E-state index contributed by atoms with van der Waals surface area (Å²) < 4.78 is 5.21. The third kappa shape index (κ3) is 5.01. The molecule has 1 aliphatic heterocycles. The summed E-state index contributed by atoms with van der Waals surface area (Å²) in [5.41, 5.74) is 0. The molecule has 5 nitrogen and oxygen atoms in total. The van der Waals surface area contributed by atoms with E-state index in [9.17, 15) is 4.79 Å². The zero-order valence-electron chi connectivity index (χ0n) is 9.99. The standard InChI is InChI=1S/C10H21N3O2.ClH/c1-3-13(4-2)10(14)15-8-9-7-11-5-6-12-9;/h9,11-12H,3-8H2,1-2H3;1H. The molecule has 2 N–H and O–H groups in total. The highest BCUT2D eigenvalue weighted by Gasteiger charge is 2.16. The quantitative estimate of drug-likeness (QED) is 0.762. The lowest BCUT2D eigenvalue weighted by atomic mass is 10.2. The van der Waals surface area contributed by atoms with Crippen molar-refractivity contribution in [3.63, 3.8) is 0 Å². The fourth-order valence-electron chi connectivity index (χ4n) is 1.58. The fraction of sp³-hybridized carbons (Fsp3) is 0.900. The van der Waals surface area contributed by atoms with Crippen LogP contribution in [0.2, 0.25) is 0 Å². The van der Waals surface area contributed by atoms with Gasteiger partial charge in [-0.25, -0.2) is 4.79 Å². The molecule has 1 heterocycles. The van der Waals surface area contributed by atoms with E-state index in [1.54, 1.807) is 4.90 Å². The van der Waals surface area contributed by atoms with Gasteiger partial charge in [-0.3, -0.25) is 0 Å². The summed E-state index contributed by atoms with van der Waals surface area (Å²) in [6.45, 7) is 8.54. The van der Waals surface area contributed by atoms with Crippen LogP contribution in [0.5, 0.6) is 0 Å². The van der Waals surface area contributed by atoms with Crippen LogP contribution in [-0.2, 0) is 4.74 Å². The van der Waals surface area contributed by atoms with E-state index in [2.05, 4.69) is 10.6 Å². The summed E-state index contributed by atoms with van der Waals surface area (Å²) in [6, 6.07) is 0.248. The van der Waals surface area contributed by atoms with Crippen LogP contribution in [0, 0.1) is 0 Å². The molecule has 1 rings (SSSR count). The molecule has 1 fully saturated rings. The molecule has 96 valence electrons. The largest absolute Gasteiger partial charge is 0.448 e. The first-order valence-electron chi connectivity index (χ1n) is 5.63. The summed E-state index contributed by atoms with van der Waals surface area (Å²) in [4.78, 5) is 13.2. The number of nitrogens with one attached hydrogen (secondary N) is 2. The molecule has 0 aliphatic carbocycles. The molecule has 0 spiro atoms. The lowest BCUT2D eigenvalue weighted by Gasteiger charge is -2.25. The molecule has 0 aromatic carbocycles. The van der Waals surface area contributed by atoms with Crippen LogP contribution < -0.4 is 10.6 Å². The summed E-state index contributed by atoms with van der Waals surface area (Å²) >= 11 is 0. The first-order chi connectivity index (χ1) is 7.27. The maximum absolute atomic E-state index is 11.5. The van der Waals surface area contributed by atoms with Crippen LogP contribution in [0.15, 0.2) is 0 Å². The third-order valence-corrected chi connectivity index (χ3v) is 2.56. The second-order valence-electron chi connectivity index (χ2n) is 3.60. The Morgan fingerprint density at radius 3 is 2.56 bits per heavy atom. The molecular formula is C10H22ClN3O2. The van der Waals surface area contributed by atoms with E-state index in [1.807, 2.05) is 13.8 Å². The summed E-state index contributed by atoms with van der Waals surface area (Å²) in [6.07, 6.45) is -0.215. The number of rotatable bonds is 4. The Balaban J connectivity index is 0.00000225. The van der Waals surface area contributed by atoms with Gasteiger partial charge in [0.05, 0.1) is 6.04 Å². The highest BCUT2D eigenvalue weighted by Crippen LogP contribution is 1.96. The van der Waals surface area contributed by atoms with Gasteiger partial charge in [0, 0.05) is 32.7 Å². The van der Waals surface area contributed by atoms with Crippen molar-refractivity contribution >= 4 is 18.5 Å². The van der Waals surface area contributed by atoms with E-state index < -0.39 is 0 Å². The van der Waals surface area contributed by atoms with Crippen molar-refractivity contribution in [2.75, 3.05) is 39.3 Å². The first kappa shape index (κ1) is 15.5. The minimum atomic E-state index is -0.215. The molecule has 16 heavy (non-hydrogen) atoms. The molecule has 1 saturated heterocycles. The summed E-state index contributed by atoms with van der Waals surface area (Å²) in [7, 11) is 0. The van der Waals surface area contributed by atoms with Gasteiger partial charge in [-0.2, -0.15) is 0 Å². The van der Waals surface area contributed by atoms with E-state index in [-0.39, 0.29) is 24.5 Å². The lowest BCUT2D eigenvalue weighted by molar-refractivity contribution is 0.0943. The van der Waals surface area contributed by atoms with Crippen LogP contribution >= 0.6 is 12.4 Å². The maximum Gasteiger partial charge on any atom is 0.409 e. The molecule has 0 bridgehead atoms. The second kappa shape index (κ2) is 8.61. The highest BCUT2D eigenvalue weighted by atomic mass is 35.5. The summed E-state index contributed by atoms with van der Waals surface area (Å²) in [5.74, 6) is 0. The van der Waals surface area contributed by atoms with Gasteiger partial charge in [0.2, 0.25) is 0 Å². The molecule has 1 aliphatic rings. The topological polar surface area (TPSA) is 53.6 Å². The minimum Gasteiger partial charge on any atom is -0.448 e. The van der Waals surface area contributed by atoms with E-state index in [4.69, 9.17) is 4.74 Å². The van der Waals surface area contributed by atoms with Gasteiger partial charge in [0.25, 0.3) is 0 Å². The van der Waals surface area contributed by atoms with Crippen molar-refractivity contribution in [2.24, 2.45) is 0 Å². The number of piperazine rings is 1. The Hall–Kier alpha value is -0.520. The number of carbonyl (C=O) groups excluding carboxylic acids is 1. The van der Waals surface area contributed by atoms with Crippen LogP contribution in [0.3, 0.4) is 0 Å². The highest BCUT2D eigenvalue weighted by molar-refractivity contribution is 5.85. The molecule has 0 aromatic heterocycles. The van der Waals surface area contributed by atoms with Crippen molar-refractivity contribution in [3.05, 3.63) is 0 Å². The maximum atomic E-state index is 11.5. The predicted molar refractivity (Wildman–Crippen MR) is 66.2 cm³/mol. The van der Waals surface area contributed by atoms with Crippen molar-refractivity contribution in [3.8, 4) is 0 Å². The minimum absolute atomic E-state index is 0. The van der Waals surface area contributed by atoms with E-state index in [1.165, 1.54) is 0 Å². The first-order valence-corrected chi connectivity index (χ1v) is 5.63. The second-order valence-corrected chi connectivity index (χ2v) is 3.60. The SMILES string of the molecule is CCN(CC)C(=O)OCC1CNCCN1.Cl. The molecule has 0 aromatic rings. The van der Waals surface area contributed by atoms with E-state index in [0.29, 0.717) is 19.7 Å². The molecule has 1 atom stereocenters. The molecular weight excluding hydrogens is 230 g/mol. The number of carbonyl (C=O) groups is 1. The zero-order chi connectivity index (χ0) is 11.1. The Bertz CT molecular complexity index is 195. The Morgan fingerprint density at radius 1 is 1.38 bits per heavy atom. The van der Waals surface area contributed by atoms with E-state index >= 15 is 0 Å². The average molecular weight is 252 g/mol. The zero-order valence-corrected chi connectivity index (χ0v) is 10.8. The third-order valence-electron chi connectivity index (χ3n) is 2.56. The van der Waals surface area contributed by atoms with Crippen molar-refractivity contribution < 1.29 is 9.53 Å².